The zero-order valence-electron chi connectivity index (χ0n) is 11.0. The second-order valence-electron chi connectivity index (χ2n) is 4.99. The Morgan fingerprint density at radius 2 is 2.15 bits per heavy atom. The minimum atomic E-state index is -0.0688. The molecule has 1 atom stereocenters. The quantitative estimate of drug-likeness (QED) is 0.907. The van der Waals surface area contributed by atoms with E-state index < -0.39 is 0 Å². The van der Waals surface area contributed by atoms with Crippen LogP contribution in [0.4, 0.5) is 5.82 Å². The molecule has 1 amide bonds. The molecule has 0 radical (unpaired) electrons. The molecule has 0 fully saturated rings. The van der Waals surface area contributed by atoms with Crippen molar-refractivity contribution in [1.29, 1.82) is 0 Å². The van der Waals surface area contributed by atoms with E-state index in [0.29, 0.717) is 5.82 Å². The Morgan fingerprint density at radius 1 is 1.30 bits per heavy atom. The van der Waals surface area contributed by atoms with Crippen LogP contribution in [0.3, 0.4) is 0 Å². The second-order valence-corrected chi connectivity index (χ2v) is 5.91. The first-order valence-electron chi connectivity index (χ1n) is 6.74. The second kappa shape index (κ2) is 5.75. The van der Waals surface area contributed by atoms with Gasteiger partial charge in [0.05, 0.1) is 5.92 Å². The van der Waals surface area contributed by atoms with Crippen LogP contribution in [-0.2, 0) is 11.2 Å². The molecule has 0 aliphatic heterocycles. The first-order chi connectivity index (χ1) is 9.74. The number of aromatic nitrogens is 1. The van der Waals surface area contributed by atoms with Crippen LogP contribution in [0.15, 0.2) is 47.1 Å². The number of hydrogen-bond donors (Lipinski definition) is 1. The number of halogens is 1. The van der Waals surface area contributed by atoms with Crippen molar-refractivity contribution < 1.29 is 4.79 Å². The number of benzene rings is 1. The number of fused-ring (bicyclic) bond motifs is 1. The maximum atomic E-state index is 12.5. The van der Waals surface area contributed by atoms with Crippen molar-refractivity contribution in [1.82, 2.24) is 4.98 Å². The third kappa shape index (κ3) is 2.75. The first-order valence-corrected chi connectivity index (χ1v) is 7.53. The molecule has 0 bridgehead atoms. The maximum Gasteiger partial charge on any atom is 0.233 e. The minimum Gasteiger partial charge on any atom is -0.310 e. The van der Waals surface area contributed by atoms with Gasteiger partial charge in [0.15, 0.2) is 0 Å². The van der Waals surface area contributed by atoms with Crippen molar-refractivity contribution in [2.24, 2.45) is 0 Å². The number of nitrogens with one attached hydrogen (secondary N) is 1. The van der Waals surface area contributed by atoms with E-state index in [-0.39, 0.29) is 11.8 Å². The Hall–Kier alpha value is -1.68. The van der Waals surface area contributed by atoms with Crippen molar-refractivity contribution in [2.75, 3.05) is 5.32 Å². The minimum absolute atomic E-state index is 0.0303. The van der Waals surface area contributed by atoms with Gasteiger partial charge in [-0.25, -0.2) is 4.98 Å². The third-order valence-electron chi connectivity index (χ3n) is 3.66. The monoisotopic (exact) mass is 330 g/mol. The van der Waals surface area contributed by atoms with Gasteiger partial charge in [-0.3, -0.25) is 4.79 Å². The van der Waals surface area contributed by atoms with Crippen molar-refractivity contribution in [2.45, 2.75) is 25.2 Å². The van der Waals surface area contributed by atoms with Gasteiger partial charge in [0.25, 0.3) is 0 Å². The predicted octanol–water partition coefficient (Wildman–Crippen LogP) is 3.90. The van der Waals surface area contributed by atoms with E-state index in [1.165, 1.54) is 5.56 Å². The summed E-state index contributed by atoms with van der Waals surface area (Å²) in [5, 5.41) is 2.91. The van der Waals surface area contributed by atoms with Crippen molar-refractivity contribution in [3.05, 3.63) is 58.2 Å². The molecule has 2 aromatic rings. The summed E-state index contributed by atoms with van der Waals surface area (Å²) < 4.78 is 0.909. The lowest BCUT2D eigenvalue weighted by Crippen LogP contribution is -2.25. The van der Waals surface area contributed by atoms with Crippen LogP contribution in [0.1, 0.15) is 29.9 Å². The molecule has 1 N–H and O–H groups in total. The average Bonchev–Trinajstić information content (AvgIpc) is 2.46. The first kappa shape index (κ1) is 13.3. The van der Waals surface area contributed by atoms with Gasteiger partial charge in [0.2, 0.25) is 5.91 Å². The zero-order valence-corrected chi connectivity index (χ0v) is 12.6. The van der Waals surface area contributed by atoms with Gasteiger partial charge in [0, 0.05) is 10.7 Å². The van der Waals surface area contributed by atoms with Gasteiger partial charge in [-0.15, -0.1) is 0 Å². The standard InChI is InChI=1S/C16H15BrN2O/c17-12-8-9-18-15(10-12)19-16(20)14-7-3-5-11-4-1-2-6-13(11)14/h1-2,4,6,8-10,14H,3,5,7H2,(H,18,19,20). The summed E-state index contributed by atoms with van der Waals surface area (Å²) in [5.74, 6) is 0.552. The van der Waals surface area contributed by atoms with E-state index in [9.17, 15) is 4.79 Å². The third-order valence-corrected chi connectivity index (χ3v) is 4.15. The predicted molar refractivity (Wildman–Crippen MR) is 82.7 cm³/mol. The zero-order chi connectivity index (χ0) is 13.9. The highest BCUT2D eigenvalue weighted by molar-refractivity contribution is 9.10. The smallest absolute Gasteiger partial charge is 0.233 e. The fourth-order valence-electron chi connectivity index (χ4n) is 2.71. The van der Waals surface area contributed by atoms with E-state index in [2.05, 4.69) is 38.4 Å². The van der Waals surface area contributed by atoms with E-state index in [1.54, 1.807) is 6.20 Å². The highest BCUT2D eigenvalue weighted by atomic mass is 79.9. The number of hydrogen-bond acceptors (Lipinski definition) is 2. The molecule has 1 heterocycles. The molecule has 20 heavy (non-hydrogen) atoms. The lowest BCUT2D eigenvalue weighted by molar-refractivity contribution is -0.117. The van der Waals surface area contributed by atoms with Crippen LogP contribution < -0.4 is 5.32 Å². The summed E-state index contributed by atoms with van der Waals surface area (Å²) >= 11 is 3.38. The molecule has 0 spiro atoms. The average molecular weight is 331 g/mol. The van der Waals surface area contributed by atoms with Gasteiger partial charge in [0.1, 0.15) is 5.82 Å². The Balaban J connectivity index is 1.82. The van der Waals surface area contributed by atoms with E-state index in [1.807, 2.05) is 24.3 Å². The van der Waals surface area contributed by atoms with Crippen LogP contribution in [0.25, 0.3) is 0 Å². The Morgan fingerprint density at radius 3 is 3.00 bits per heavy atom. The molecule has 0 saturated heterocycles. The fraction of sp³-hybridized carbons (Fsp3) is 0.250. The summed E-state index contributed by atoms with van der Waals surface area (Å²) in [6, 6.07) is 11.9. The van der Waals surface area contributed by atoms with Gasteiger partial charge < -0.3 is 5.32 Å². The molecule has 3 rings (SSSR count). The number of rotatable bonds is 2. The molecule has 102 valence electrons. The number of amides is 1. The summed E-state index contributed by atoms with van der Waals surface area (Å²) in [6.07, 6.45) is 4.70. The normalized spacial score (nSPS) is 17.4. The lowest BCUT2D eigenvalue weighted by atomic mass is 9.82. The Kier molecular flexibility index (Phi) is 3.83. The molecule has 1 aliphatic rings. The lowest BCUT2D eigenvalue weighted by Gasteiger charge is -2.24. The largest absolute Gasteiger partial charge is 0.310 e. The van der Waals surface area contributed by atoms with Gasteiger partial charge in [-0.1, -0.05) is 40.2 Å². The number of pyridine rings is 1. The van der Waals surface area contributed by atoms with Gasteiger partial charge >= 0.3 is 0 Å². The fourth-order valence-corrected chi connectivity index (χ4v) is 3.05. The van der Waals surface area contributed by atoms with Crippen LogP contribution in [0.2, 0.25) is 0 Å². The van der Waals surface area contributed by atoms with Crippen molar-refractivity contribution in [3.63, 3.8) is 0 Å². The van der Waals surface area contributed by atoms with E-state index >= 15 is 0 Å². The number of anilines is 1. The Labute approximate surface area is 126 Å². The highest BCUT2D eigenvalue weighted by Crippen LogP contribution is 2.32. The molecule has 3 nitrogen and oxygen atoms in total. The SMILES string of the molecule is O=C(Nc1cc(Br)ccn1)C1CCCc2ccccc21. The van der Waals surface area contributed by atoms with Crippen LogP contribution >= 0.6 is 15.9 Å². The number of aryl methyl sites for hydroxylation is 1. The molecule has 1 aromatic heterocycles. The molecule has 0 saturated carbocycles. The number of carbonyl (C=O) groups excluding carboxylic acids is 1. The summed E-state index contributed by atoms with van der Waals surface area (Å²) in [5.41, 5.74) is 2.45. The molecular weight excluding hydrogens is 316 g/mol. The maximum absolute atomic E-state index is 12.5. The Bertz CT molecular complexity index is 642. The van der Waals surface area contributed by atoms with Gasteiger partial charge in [-0.2, -0.15) is 0 Å². The van der Waals surface area contributed by atoms with E-state index in [4.69, 9.17) is 0 Å². The topological polar surface area (TPSA) is 42.0 Å². The molecule has 1 unspecified atom stereocenters. The van der Waals surface area contributed by atoms with Crippen molar-refractivity contribution >= 4 is 27.7 Å². The summed E-state index contributed by atoms with van der Waals surface area (Å²) in [6.45, 7) is 0. The molecule has 1 aromatic carbocycles. The molecule has 4 heteroatoms. The summed E-state index contributed by atoms with van der Waals surface area (Å²) in [7, 11) is 0. The molecule has 1 aliphatic carbocycles. The van der Waals surface area contributed by atoms with Crippen molar-refractivity contribution in [3.8, 4) is 0 Å². The van der Waals surface area contributed by atoms with Gasteiger partial charge in [-0.05, 0) is 42.5 Å². The van der Waals surface area contributed by atoms with Crippen LogP contribution in [-0.4, -0.2) is 10.9 Å². The number of carbonyl (C=O) groups is 1. The molecular formula is C16H15BrN2O. The highest BCUT2D eigenvalue weighted by Gasteiger charge is 2.26. The van der Waals surface area contributed by atoms with Crippen LogP contribution in [0.5, 0.6) is 0 Å². The van der Waals surface area contributed by atoms with E-state index in [0.717, 1.165) is 29.3 Å². The van der Waals surface area contributed by atoms with Crippen LogP contribution in [0, 0.1) is 0 Å². The number of nitrogens with zero attached hydrogens (tertiary/aromatic N) is 1. The summed E-state index contributed by atoms with van der Waals surface area (Å²) in [4.78, 5) is 16.6.